The molecule has 0 amide bonds. The smallest absolute Gasteiger partial charge is 0.250 e. The summed E-state index contributed by atoms with van der Waals surface area (Å²) < 4.78 is 13.2. The molecule has 0 unspecified atom stereocenters. The van der Waals surface area contributed by atoms with E-state index in [9.17, 15) is 4.39 Å². The lowest BCUT2D eigenvalue weighted by Crippen LogP contribution is -2.31. The minimum absolute atomic E-state index is 0.273. The highest BCUT2D eigenvalue weighted by atomic mass is 35.5. The van der Waals surface area contributed by atoms with Crippen LogP contribution in [0.3, 0.4) is 0 Å². The molecule has 0 atom stereocenters. The van der Waals surface area contributed by atoms with Crippen molar-refractivity contribution in [2.24, 2.45) is 5.10 Å². The number of nitrogens with one attached hydrogen (secondary N) is 2. The fraction of sp³-hybridized carbons (Fsp3) is 0.238. The first kappa shape index (κ1) is 21.3. The second-order valence-electron chi connectivity index (χ2n) is 6.98. The number of rotatable bonds is 6. The molecule has 0 bridgehead atoms. The molecular weight excluding hydrogens is 440 g/mol. The van der Waals surface area contributed by atoms with Gasteiger partial charge in [0.05, 0.1) is 16.3 Å². The second-order valence-corrected chi connectivity index (χ2v) is 7.76. The van der Waals surface area contributed by atoms with Crippen molar-refractivity contribution >= 4 is 52.9 Å². The minimum atomic E-state index is -0.313. The number of hydrazone groups is 1. The Bertz CT molecular complexity index is 1070. The van der Waals surface area contributed by atoms with Gasteiger partial charge in [0.25, 0.3) is 0 Å². The third kappa shape index (κ3) is 5.59. The fourth-order valence-corrected chi connectivity index (χ4v) is 3.50. The summed E-state index contributed by atoms with van der Waals surface area (Å²) >= 11 is 12.2. The van der Waals surface area contributed by atoms with E-state index in [1.165, 1.54) is 18.6 Å². The van der Waals surface area contributed by atoms with E-state index in [1.807, 2.05) is 0 Å². The maximum Gasteiger partial charge on any atom is 0.250 e. The molecule has 160 valence electrons. The molecule has 2 aromatic carbocycles. The van der Waals surface area contributed by atoms with Gasteiger partial charge in [-0.3, -0.25) is 0 Å². The van der Waals surface area contributed by atoms with Crippen molar-refractivity contribution in [3.63, 3.8) is 0 Å². The van der Waals surface area contributed by atoms with E-state index >= 15 is 0 Å². The number of aromatic nitrogens is 3. The van der Waals surface area contributed by atoms with E-state index in [2.05, 4.69) is 35.7 Å². The number of halogens is 3. The Morgan fingerprint density at radius 3 is 2.45 bits per heavy atom. The van der Waals surface area contributed by atoms with E-state index in [4.69, 9.17) is 23.2 Å². The third-order valence-electron chi connectivity index (χ3n) is 4.71. The average molecular weight is 460 g/mol. The van der Waals surface area contributed by atoms with Gasteiger partial charge in [0, 0.05) is 24.3 Å². The van der Waals surface area contributed by atoms with Crippen LogP contribution in [0.5, 0.6) is 0 Å². The highest BCUT2D eigenvalue weighted by Gasteiger charge is 2.16. The first-order valence-electron chi connectivity index (χ1n) is 9.85. The molecule has 1 fully saturated rings. The molecule has 7 nitrogen and oxygen atoms in total. The van der Waals surface area contributed by atoms with Crippen molar-refractivity contribution in [2.75, 3.05) is 28.7 Å². The zero-order valence-corrected chi connectivity index (χ0v) is 18.0. The monoisotopic (exact) mass is 459 g/mol. The Kier molecular flexibility index (Phi) is 6.79. The molecule has 1 aliphatic heterocycles. The standard InChI is InChI=1S/C21H20Cl2FN7/c22-17-6-4-5-14(18(17)23)13-25-30-20-27-19(26-16-9-7-15(24)8-10-16)28-21(29-20)31-11-2-1-3-12-31/h4-10,13H,1-3,11-12H2,(H2,26,27,28,29,30)/b25-13+. The SMILES string of the molecule is Fc1ccc(Nc2nc(N/N=C/c3cccc(Cl)c3Cl)nc(N3CCCCC3)n2)cc1. The van der Waals surface area contributed by atoms with Gasteiger partial charge in [-0.1, -0.05) is 35.3 Å². The van der Waals surface area contributed by atoms with Crippen LogP contribution in [-0.2, 0) is 0 Å². The molecule has 1 saturated heterocycles. The fourth-order valence-electron chi connectivity index (χ4n) is 3.15. The van der Waals surface area contributed by atoms with E-state index < -0.39 is 0 Å². The van der Waals surface area contributed by atoms with Crippen LogP contribution in [0.15, 0.2) is 47.6 Å². The van der Waals surface area contributed by atoms with Crippen LogP contribution in [-0.4, -0.2) is 34.3 Å². The van der Waals surface area contributed by atoms with E-state index in [1.54, 1.807) is 36.5 Å². The molecule has 10 heteroatoms. The maximum absolute atomic E-state index is 13.2. The molecule has 1 aromatic heterocycles. The lowest BCUT2D eigenvalue weighted by atomic mass is 10.1. The number of anilines is 4. The van der Waals surface area contributed by atoms with Crippen LogP contribution in [0.2, 0.25) is 10.0 Å². The zero-order chi connectivity index (χ0) is 21.6. The van der Waals surface area contributed by atoms with Crippen LogP contribution in [0.1, 0.15) is 24.8 Å². The van der Waals surface area contributed by atoms with Gasteiger partial charge >= 0.3 is 0 Å². The Morgan fingerprint density at radius 1 is 0.935 bits per heavy atom. The van der Waals surface area contributed by atoms with Crippen molar-refractivity contribution in [1.82, 2.24) is 15.0 Å². The van der Waals surface area contributed by atoms with Crippen LogP contribution in [0, 0.1) is 5.82 Å². The summed E-state index contributed by atoms with van der Waals surface area (Å²) in [4.78, 5) is 15.5. The molecule has 31 heavy (non-hydrogen) atoms. The number of piperidine rings is 1. The lowest BCUT2D eigenvalue weighted by Gasteiger charge is -2.26. The highest BCUT2D eigenvalue weighted by Crippen LogP contribution is 2.24. The molecular formula is C21H20Cl2FN7. The molecule has 3 aromatic rings. The van der Waals surface area contributed by atoms with Gasteiger partial charge in [0.15, 0.2) is 0 Å². The first-order chi connectivity index (χ1) is 15.1. The first-order valence-corrected chi connectivity index (χ1v) is 10.6. The summed E-state index contributed by atoms with van der Waals surface area (Å²) in [7, 11) is 0. The molecule has 2 N–H and O–H groups in total. The molecule has 2 heterocycles. The maximum atomic E-state index is 13.2. The van der Waals surface area contributed by atoms with Crippen LogP contribution < -0.4 is 15.6 Å². The average Bonchev–Trinajstić information content (AvgIpc) is 2.79. The van der Waals surface area contributed by atoms with Gasteiger partial charge in [0.2, 0.25) is 17.8 Å². The second kappa shape index (κ2) is 9.89. The topological polar surface area (TPSA) is 78.3 Å². The summed E-state index contributed by atoms with van der Waals surface area (Å²) in [5.41, 5.74) is 4.16. The normalized spacial score (nSPS) is 14.1. The van der Waals surface area contributed by atoms with Gasteiger partial charge in [-0.2, -0.15) is 20.1 Å². The summed E-state index contributed by atoms with van der Waals surface area (Å²) in [6.07, 6.45) is 4.91. The number of hydrogen-bond acceptors (Lipinski definition) is 7. The minimum Gasteiger partial charge on any atom is -0.341 e. The van der Waals surface area contributed by atoms with Crippen molar-refractivity contribution in [1.29, 1.82) is 0 Å². The Morgan fingerprint density at radius 2 is 1.68 bits per heavy atom. The van der Waals surface area contributed by atoms with Crippen LogP contribution >= 0.6 is 23.2 Å². The number of benzene rings is 2. The largest absolute Gasteiger partial charge is 0.341 e. The Hall–Kier alpha value is -2.97. The number of nitrogens with zero attached hydrogens (tertiary/aromatic N) is 5. The molecule has 4 rings (SSSR count). The van der Waals surface area contributed by atoms with Gasteiger partial charge in [-0.15, -0.1) is 0 Å². The van der Waals surface area contributed by atoms with E-state index in [0.717, 1.165) is 25.9 Å². The van der Waals surface area contributed by atoms with Gasteiger partial charge in [-0.25, -0.2) is 9.82 Å². The summed E-state index contributed by atoms with van der Waals surface area (Å²) in [6.45, 7) is 1.75. The van der Waals surface area contributed by atoms with E-state index in [0.29, 0.717) is 33.2 Å². The van der Waals surface area contributed by atoms with Crippen molar-refractivity contribution in [3.05, 3.63) is 63.9 Å². The summed E-state index contributed by atoms with van der Waals surface area (Å²) in [6, 6.07) is 11.3. The molecule has 0 radical (unpaired) electrons. The predicted octanol–water partition coefficient (Wildman–Crippen LogP) is 5.50. The molecule has 1 aliphatic rings. The highest BCUT2D eigenvalue weighted by molar-refractivity contribution is 6.43. The molecule has 0 saturated carbocycles. The van der Waals surface area contributed by atoms with Gasteiger partial charge in [-0.05, 0) is 49.6 Å². The molecule has 0 spiro atoms. The van der Waals surface area contributed by atoms with Crippen molar-refractivity contribution in [3.8, 4) is 0 Å². The quantitative estimate of drug-likeness (QED) is 0.374. The van der Waals surface area contributed by atoms with Crippen molar-refractivity contribution in [2.45, 2.75) is 19.3 Å². The lowest BCUT2D eigenvalue weighted by molar-refractivity contribution is 0.568. The van der Waals surface area contributed by atoms with Gasteiger partial charge in [0.1, 0.15) is 5.82 Å². The predicted molar refractivity (Wildman–Crippen MR) is 123 cm³/mol. The van der Waals surface area contributed by atoms with Crippen LogP contribution in [0.4, 0.5) is 27.9 Å². The van der Waals surface area contributed by atoms with Crippen LogP contribution in [0.25, 0.3) is 0 Å². The Balaban J connectivity index is 1.58. The summed E-state index contributed by atoms with van der Waals surface area (Å²) in [5.74, 6) is 0.847. The zero-order valence-electron chi connectivity index (χ0n) is 16.5. The molecule has 0 aliphatic carbocycles. The third-order valence-corrected chi connectivity index (χ3v) is 5.55. The van der Waals surface area contributed by atoms with E-state index in [-0.39, 0.29) is 11.8 Å². The Labute approximate surface area is 189 Å². The van der Waals surface area contributed by atoms with Crippen molar-refractivity contribution < 1.29 is 4.39 Å². The summed E-state index contributed by atoms with van der Waals surface area (Å²) in [5, 5.41) is 8.15. The van der Waals surface area contributed by atoms with Gasteiger partial charge < -0.3 is 10.2 Å². The number of hydrogen-bond donors (Lipinski definition) is 2.